The standard InChI is InChI=1S/C26H23F4N3O5S.CH4/c1-38-12-5-13-39(36,37)32-25(35)23-22(18-7-4-11-31-24(18)34)19-14-17(26(28,29)30)9-10-21(19)33(23)15-16-6-2-3-8-20(16)27;/h2-4,6-11,14H,5,12-13,15H2,1H3,(H,31,34)(H,32,35);1H4. The number of benzene rings is 2. The molecule has 0 spiro atoms. The average Bonchev–Trinajstić information content (AvgIpc) is 3.18. The quantitative estimate of drug-likeness (QED) is 0.215. The number of methoxy groups -OCH3 is 1. The van der Waals surface area contributed by atoms with E-state index in [1.165, 1.54) is 54.3 Å². The Balaban J connectivity index is 0.00000441. The van der Waals surface area contributed by atoms with Crippen molar-refractivity contribution in [2.45, 2.75) is 26.6 Å². The Morgan fingerprint density at radius 2 is 1.82 bits per heavy atom. The van der Waals surface area contributed by atoms with Gasteiger partial charge >= 0.3 is 6.18 Å². The van der Waals surface area contributed by atoms with E-state index in [-0.39, 0.29) is 54.6 Å². The van der Waals surface area contributed by atoms with Crippen molar-refractivity contribution in [2.24, 2.45) is 0 Å². The largest absolute Gasteiger partial charge is 0.416 e. The molecule has 0 fully saturated rings. The van der Waals surface area contributed by atoms with Crippen molar-refractivity contribution in [2.75, 3.05) is 19.5 Å². The number of alkyl halides is 3. The van der Waals surface area contributed by atoms with Gasteiger partial charge in [-0.15, -0.1) is 0 Å². The van der Waals surface area contributed by atoms with Crippen molar-refractivity contribution < 1.29 is 35.5 Å². The number of aromatic nitrogens is 2. The van der Waals surface area contributed by atoms with Crippen LogP contribution in [-0.4, -0.2) is 43.3 Å². The summed E-state index contributed by atoms with van der Waals surface area (Å²) in [6, 6.07) is 10.9. The van der Waals surface area contributed by atoms with Gasteiger partial charge in [0.25, 0.3) is 11.5 Å². The molecule has 2 heterocycles. The molecule has 0 bridgehead atoms. The van der Waals surface area contributed by atoms with Gasteiger partial charge in [0.2, 0.25) is 10.0 Å². The molecular weight excluding hydrogens is 554 g/mol. The molecule has 13 heteroatoms. The van der Waals surface area contributed by atoms with Gasteiger partial charge in [0.15, 0.2) is 0 Å². The summed E-state index contributed by atoms with van der Waals surface area (Å²) in [5.41, 5.74) is -2.44. The number of aromatic amines is 1. The Kier molecular flexibility index (Phi) is 9.21. The summed E-state index contributed by atoms with van der Waals surface area (Å²) in [6.45, 7) is -0.237. The summed E-state index contributed by atoms with van der Waals surface area (Å²) in [6.07, 6.45) is -3.39. The van der Waals surface area contributed by atoms with E-state index in [2.05, 4.69) is 4.98 Å². The lowest BCUT2D eigenvalue weighted by molar-refractivity contribution is -0.137. The van der Waals surface area contributed by atoms with E-state index in [9.17, 15) is 35.6 Å². The van der Waals surface area contributed by atoms with Gasteiger partial charge in [-0.05, 0) is 42.8 Å². The summed E-state index contributed by atoms with van der Waals surface area (Å²) >= 11 is 0. The Bertz CT molecular complexity index is 1690. The van der Waals surface area contributed by atoms with Crippen molar-refractivity contribution in [3.63, 3.8) is 0 Å². The monoisotopic (exact) mass is 581 g/mol. The van der Waals surface area contributed by atoms with Crippen LogP contribution in [0.15, 0.2) is 65.6 Å². The van der Waals surface area contributed by atoms with E-state index in [1.807, 2.05) is 4.72 Å². The highest BCUT2D eigenvalue weighted by molar-refractivity contribution is 7.90. The third kappa shape index (κ3) is 6.42. The zero-order chi connectivity index (χ0) is 28.4. The third-order valence-electron chi connectivity index (χ3n) is 5.99. The first kappa shape index (κ1) is 30.6. The summed E-state index contributed by atoms with van der Waals surface area (Å²) in [5.74, 6) is -2.31. The van der Waals surface area contributed by atoms with Gasteiger partial charge in [0.05, 0.1) is 17.9 Å². The van der Waals surface area contributed by atoms with Gasteiger partial charge in [-0.3, -0.25) is 9.59 Å². The molecule has 0 unspecified atom stereocenters. The van der Waals surface area contributed by atoms with Gasteiger partial charge in [-0.1, -0.05) is 25.6 Å². The number of fused-ring (bicyclic) bond motifs is 1. The number of nitrogens with zero attached hydrogens (tertiary/aromatic N) is 1. The summed E-state index contributed by atoms with van der Waals surface area (Å²) < 4.78 is 89.0. The molecule has 0 saturated heterocycles. The van der Waals surface area contributed by atoms with Crippen LogP contribution in [0.2, 0.25) is 0 Å². The number of hydrogen-bond donors (Lipinski definition) is 2. The van der Waals surface area contributed by atoms with Crippen LogP contribution < -0.4 is 10.3 Å². The summed E-state index contributed by atoms with van der Waals surface area (Å²) in [4.78, 5) is 28.8. The van der Waals surface area contributed by atoms with Crippen LogP contribution in [0.3, 0.4) is 0 Å². The molecule has 0 aliphatic carbocycles. The van der Waals surface area contributed by atoms with Crippen LogP contribution in [0.4, 0.5) is 17.6 Å². The second kappa shape index (κ2) is 12.0. The van der Waals surface area contributed by atoms with Crippen LogP contribution in [0, 0.1) is 5.82 Å². The van der Waals surface area contributed by atoms with Crippen LogP contribution in [0.5, 0.6) is 0 Å². The lowest BCUT2D eigenvalue weighted by Crippen LogP contribution is -2.34. The van der Waals surface area contributed by atoms with Crippen molar-refractivity contribution in [3.05, 3.63) is 93.8 Å². The molecular formula is C27H27F4N3O5S. The van der Waals surface area contributed by atoms with E-state index in [0.717, 1.165) is 18.2 Å². The first-order valence-electron chi connectivity index (χ1n) is 11.6. The normalized spacial score (nSPS) is 11.8. The number of amides is 1. The maximum Gasteiger partial charge on any atom is 0.416 e. The van der Waals surface area contributed by atoms with E-state index in [1.54, 1.807) is 0 Å². The second-order valence-corrected chi connectivity index (χ2v) is 10.5. The molecule has 0 atom stereocenters. The average molecular weight is 582 g/mol. The first-order valence-corrected chi connectivity index (χ1v) is 13.3. The number of sulfonamides is 1. The number of carbonyl (C=O) groups is 1. The lowest BCUT2D eigenvalue weighted by atomic mass is 10.0. The van der Waals surface area contributed by atoms with Crippen LogP contribution >= 0.6 is 0 Å². The molecule has 1 amide bonds. The predicted octanol–water partition coefficient (Wildman–Crippen LogP) is 4.94. The number of halogens is 4. The van der Waals surface area contributed by atoms with E-state index < -0.39 is 50.5 Å². The third-order valence-corrected chi connectivity index (χ3v) is 7.31. The molecule has 4 aromatic rings. The Hall–Kier alpha value is -3.97. The topological polar surface area (TPSA) is 110 Å². The Morgan fingerprint density at radius 3 is 2.48 bits per heavy atom. The number of ether oxygens (including phenoxy) is 1. The second-order valence-electron chi connectivity index (χ2n) is 8.64. The van der Waals surface area contributed by atoms with Crippen molar-refractivity contribution in [3.8, 4) is 11.1 Å². The molecule has 0 aliphatic rings. The fourth-order valence-corrected chi connectivity index (χ4v) is 5.23. The SMILES string of the molecule is C.COCCCS(=O)(=O)NC(=O)c1c(-c2ccc[nH]c2=O)c2cc(C(F)(F)F)ccc2n1Cc1ccccc1F. The highest BCUT2D eigenvalue weighted by Gasteiger charge is 2.33. The predicted molar refractivity (Wildman–Crippen MR) is 143 cm³/mol. The molecule has 2 aromatic heterocycles. The molecule has 0 radical (unpaired) electrons. The summed E-state index contributed by atoms with van der Waals surface area (Å²) in [7, 11) is -2.83. The van der Waals surface area contributed by atoms with Gasteiger partial charge in [-0.2, -0.15) is 13.2 Å². The molecule has 2 N–H and O–H groups in total. The highest BCUT2D eigenvalue weighted by atomic mass is 32.2. The van der Waals surface area contributed by atoms with Crippen molar-refractivity contribution in [1.82, 2.24) is 14.3 Å². The van der Waals surface area contributed by atoms with Crippen molar-refractivity contribution in [1.29, 1.82) is 0 Å². The number of carbonyl (C=O) groups excluding carboxylic acids is 1. The number of hydrogen-bond acceptors (Lipinski definition) is 5. The van der Waals surface area contributed by atoms with Crippen LogP contribution in [-0.2, 0) is 27.5 Å². The number of rotatable bonds is 9. The minimum absolute atomic E-state index is 0. The highest BCUT2D eigenvalue weighted by Crippen LogP contribution is 2.38. The smallest absolute Gasteiger partial charge is 0.385 e. The molecule has 2 aromatic carbocycles. The van der Waals surface area contributed by atoms with Gasteiger partial charge in [-0.25, -0.2) is 17.5 Å². The molecule has 0 saturated carbocycles. The van der Waals surface area contributed by atoms with Crippen LogP contribution in [0.25, 0.3) is 22.0 Å². The fourth-order valence-electron chi connectivity index (χ4n) is 4.25. The van der Waals surface area contributed by atoms with Crippen molar-refractivity contribution >= 4 is 26.8 Å². The van der Waals surface area contributed by atoms with E-state index in [0.29, 0.717) is 0 Å². The maximum atomic E-state index is 14.6. The number of pyridine rings is 1. The molecule has 8 nitrogen and oxygen atoms in total. The van der Waals surface area contributed by atoms with Gasteiger partial charge in [0.1, 0.15) is 11.5 Å². The zero-order valence-corrected chi connectivity index (χ0v) is 21.3. The Labute approximate surface area is 227 Å². The van der Waals surface area contributed by atoms with E-state index in [4.69, 9.17) is 4.74 Å². The molecule has 214 valence electrons. The molecule has 4 rings (SSSR count). The lowest BCUT2D eigenvalue weighted by Gasteiger charge is -2.14. The van der Waals surface area contributed by atoms with E-state index >= 15 is 0 Å². The Morgan fingerprint density at radius 1 is 1.10 bits per heavy atom. The van der Waals surface area contributed by atoms with Gasteiger partial charge in [0, 0.05) is 47.5 Å². The minimum Gasteiger partial charge on any atom is -0.385 e. The number of H-pyrrole nitrogens is 1. The van der Waals surface area contributed by atoms with Crippen LogP contribution in [0.1, 0.15) is 35.5 Å². The zero-order valence-electron chi connectivity index (χ0n) is 20.5. The van der Waals surface area contributed by atoms with Gasteiger partial charge < -0.3 is 14.3 Å². The minimum atomic E-state index is -4.75. The fraction of sp³-hybridized carbons (Fsp3) is 0.259. The molecule has 40 heavy (non-hydrogen) atoms. The first-order chi connectivity index (χ1) is 18.4. The molecule has 0 aliphatic heterocycles. The maximum absolute atomic E-state index is 14.6. The summed E-state index contributed by atoms with van der Waals surface area (Å²) in [5, 5.41) is -0.139. The number of nitrogens with one attached hydrogen (secondary N) is 2.